The first-order chi connectivity index (χ1) is 20.1. The number of unbranched alkanes of at least 4 members (excludes halogenated alkanes) is 21. The third-order valence-electron chi connectivity index (χ3n) is 7.89. The molecular weight excluding hydrogens is 510 g/mol. The van der Waals surface area contributed by atoms with Crippen LogP contribution in [0.25, 0.3) is 0 Å². The molecule has 0 unspecified atom stereocenters. The fourth-order valence-corrected chi connectivity index (χ4v) is 5.17. The van der Waals surface area contributed by atoms with Crippen molar-refractivity contribution >= 4 is 11.9 Å². The maximum atomic E-state index is 12.5. The molecule has 0 saturated carbocycles. The molecule has 0 atom stereocenters. The van der Waals surface area contributed by atoms with Gasteiger partial charge in [-0.05, 0) is 37.1 Å². The number of amides is 1. The minimum atomic E-state index is -0.448. The van der Waals surface area contributed by atoms with Gasteiger partial charge in [0.05, 0.1) is 17.7 Å². The van der Waals surface area contributed by atoms with Gasteiger partial charge in [-0.25, -0.2) is 4.79 Å². The standard InChI is InChI=1S/C36H61NO4/c1-3-5-7-9-11-13-15-17-19-21-23-25-31-41-36(40)32-26-28-33(34(38)29-27-32)35(39)37-30-24-22-20-18-16-14-12-10-8-6-4-2/h26-29H,3-25,30-31H2,1-2H3,(H,37,39). The molecule has 41 heavy (non-hydrogen) atoms. The van der Waals surface area contributed by atoms with Crippen LogP contribution in [0.4, 0.5) is 0 Å². The lowest BCUT2D eigenvalue weighted by atomic mass is 10.1. The Morgan fingerprint density at radius 1 is 0.561 bits per heavy atom. The third kappa shape index (κ3) is 20.4. The fourth-order valence-electron chi connectivity index (χ4n) is 5.17. The molecule has 234 valence electrons. The predicted octanol–water partition coefficient (Wildman–Crippen LogP) is 9.95. The van der Waals surface area contributed by atoms with Gasteiger partial charge < -0.3 is 10.1 Å². The van der Waals surface area contributed by atoms with Gasteiger partial charge in [-0.3, -0.25) is 9.59 Å². The Labute approximate surface area is 251 Å². The summed E-state index contributed by atoms with van der Waals surface area (Å²) in [5.74, 6) is -0.829. The maximum absolute atomic E-state index is 12.5. The Balaban J connectivity index is 2.16. The van der Waals surface area contributed by atoms with Gasteiger partial charge in [0.2, 0.25) is 0 Å². The molecule has 1 aromatic carbocycles. The van der Waals surface area contributed by atoms with E-state index in [-0.39, 0.29) is 16.9 Å². The molecule has 0 bridgehead atoms. The predicted molar refractivity (Wildman–Crippen MR) is 173 cm³/mol. The van der Waals surface area contributed by atoms with Crippen molar-refractivity contribution in [1.29, 1.82) is 0 Å². The molecule has 1 amide bonds. The van der Waals surface area contributed by atoms with Crippen molar-refractivity contribution in [3.63, 3.8) is 0 Å². The van der Waals surface area contributed by atoms with Gasteiger partial charge in [-0.1, -0.05) is 149 Å². The highest BCUT2D eigenvalue weighted by Gasteiger charge is 2.11. The molecule has 0 spiro atoms. The SMILES string of the molecule is CCCCCCCCCCCCCCOC(=O)c1ccc(C(=O)NCCCCCCCCCCCCC)c(=O)cc1. The largest absolute Gasteiger partial charge is 0.462 e. The lowest BCUT2D eigenvalue weighted by Gasteiger charge is -2.05. The minimum Gasteiger partial charge on any atom is -0.462 e. The van der Waals surface area contributed by atoms with E-state index in [2.05, 4.69) is 19.2 Å². The smallest absolute Gasteiger partial charge is 0.338 e. The average molecular weight is 572 g/mol. The van der Waals surface area contributed by atoms with Crippen LogP contribution in [0.5, 0.6) is 0 Å². The monoisotopic (exact) mass is 571 g/mol. The van der Waals surface area contributed by atoms with Crippen molar-refractivity contribution in [1.82, 2.24) is 5.32 Å². The summed E-state index contributed by atoms with van der Waals surface area (Å²) in [5.41, 5.74) is -0.0278. The Kier molecular flexibility index (Phi) is 24.0. The van der Waals surface area contributed by atoms with Crippen molar-refractivity contribution in [2.75, 3.05) is 13.2 Å². The second-order valence-electron chi connectivity index (χ2n) is 11.7. The normalized spacial score (nSPS) is 11.0. The van der Waals surface area contributed by atoms with E-state index in [0.29, 0.717) is 18.7 Å². The van der Waals surface area contributed by atoms with Crippen molar-refractivity contribution < 1.29 is 14.3 Å². The van der Waals surface area contributed by atoms with Gasteiger partial charge in [0.15, 0.2) is 5.43 Å². The van der Waals surface area contributed by atoms with Crippen LogP contribution in [0.3, 0.4) is 0 Å². The number of carbonyl (C=O) groups is 2. The van der Waals surface area contributed by atoms with Gasteiger partial charge >= 0.3 is 5.97 Å². The van der Waals surface area contributed by atoms with E-state index in [4.69, 9.17) is 4.74 Å². The van der Waals surface area contributed by atoms with Crippen molar-refractivity contribution in [2.24, 2.45) is 0 Å². The summed E-state index contributed by atoms with van der Waals surface area (Å²) in [5, 5.41) is 2.86. The van der Waals surface area contributed by atoms with Gasteiger partial charge in [0, 0.05) is 6.54 Å². The number of hydrogen-bond donors (Lipinski definition) is 1. The Hall–Kier alpha value is -2.17. The van der Waals surface area contributed by atoms with Crippen LogP contribution in [0.2, 0.25) is 0 Å². The fraction of sp³-hybridized carbons (Fsp3) is 0.750. The number of rotatable bonds is 27. The quantitative estimate of drug-likeness (QED) is 0.0842. The molecular formula is C36H61NO4. The molecule has 5 nitrogen and oxygen atoms in total. The first-order valence-corrected chi connectivity index (χ1v) is 17.2. The van der Waals surface area contributed by atoms with Crippen molar-refractivity contribution in [3.8, 4) is 0 Å². The Morgan fingerprint density at radius 2 is 0.976 bits per heavy atom. The van der Waals surface area contributed by atoms with E-state index in [1.165, 1.54) is 146 Å². The molecule has 0 aliphatic rings. The number of ether oxygens (including phenoxy) is 1. The lowest BCUT2D eigenvalue weighted by Crippen LogP contribution is -2.28. The van der Waals surface area contributed by atoms with Gasteiger partial charge in [-0.2, -0.15) is 0 Å². The summed E-state index contributed by atoms with van der Waals surface area (Å²) in [6, 6.07) is 5.70. The highest BCUT2D eigenvalue weighted by atomic mass is 16.5. The van der Waals surface area contributed by atoms with Crippen LogP contribution in [0, 0.1) is 0 Å². The zero-order chi connectivity index (χ0) is 29.8. The molecule has 0 heterocycles. The first kappa shape index (κ1) is 36.9. The van der Waals surface area contributed by atoms with Gasteiger partial charge in [0.25, 0.3) is 5.91 Å². The van der Waals surface area contributed by atoms with Gasteiger partial charge in [-0.15, -0.1) is 0 Å². The highest BCUT2D eigenvalue weighted by molar-refractivity contribution is 5.95. The van der Waals surface area contributed by atoms with Crippen LogP contribution < -0.4 is 10.7 Å². The van der Waals surface area contributed by atoms with Crippen LogP contribution in [-0.4, -0.2) is 25.0 Å². The molecule has 1 rings (SSSR count). The van der Waals surface area contributed by atoms with E-state index in [1.807, 2.05) is 0 Å². The van der Waals surface area contributed by atoms with E-state index in [0.717, 1.165) is 25.7 Å². The van der Waals surface area contributed by atoms with Crippen LogP contribution in [-0.2, 0) is 4.74 Å². The molecule has 1 aromatic rings. The Bertz CT molecular complexity index is 854. The van der Waals surface area contributed by atoms with Gasteiger partial charge in [0.1, 0.15) is 0 Å². The van der Waals surface area contributed by atoms with E-state index < -0.39 is 5.97 Å². The molecule has 1 N–H and O–H groups in total. The van der Waals surface area contributed by atoms with Crippen molar-refractivity contribution in [2.45, 2.75) is 162 Å². The molecule has 0 aliphatic carbocycles. The molecule has 0 fully saturated rings. The zero-order valence-electron chi connectivity index (χ0n) is 26.6. The lowest BCUT2D eigenvalue weighted by molar-refractivity contribution is 0.0497. The summed E-state index contributed by atoms with van der Waals surface area (Å²) in [6.07, 6.45) is 28.9. The third-order valence-corrected chi connectivity index (χ3v) is 7.89. The topological polar surface area (TPSA) is 72.5 Å². The van der Waals surface area contributed by atoms with Crippen LogP contribution in [0.1, 0.15) is 182 Å². The van der Waals surface area contributed by atoms with E-state index >= 15 is 0 Å². The first-order valence-electron chi connectivity index (χ1n) is 17.2. The highest BCUT2D eigenvalue weighted by Crippen LogP contribution is 2.13. The summed E-state index contributed by atoms with van der Waals surface area (Å²) < 4.78 is 5.41. The number of hydrogen-bond acceptors (Lipinski definition) is 4. The second-order valence-corrected chi connectivity index (χ2v) is 11.7. The molecule has 0 aliphatic heterocycles. The minimum absolute atomic E-state index is 0.0630. The van der Waals surface area contributed by atoms with Crippen LogP contribution >= 0.6 is 0 Å². The maximum Gasteiger partial charge on any atom is 0.338 e. The van der Waals surface area contributed by atoms with E-state index in [1.54, 1.807) is 0 Å². The molecule has 5 heteroatoms. The summed E-state index contributed by atoms with van der Waals surface area (Å²) in [7, 11) is 0. The molecule has 0 radical (unpaired) electrons. The Morgan fingerprint density at radius 3 is 1.46 bits per heavy atom. The zero-order valence-corrected chi connectivity index (χ0v) is 26.6. The molecule has 0 aromatic heterocycles. The van der Waals surface area contributed by atoms with Crippen LogP contribution in [0.15, 0.2) is 29.1 Å². The number of nitrogens with one attached hydrogen (secondary N) is 1. The number of carbonyl (C=O) groups excluding carboxylic acids is 2. The van der Waals surface area contributed by atoms with E-state index in [9.17, 15) is 14.4 Å². The summed E-state index contributed by atoms with van der Waals surface area (Å²) in [6.45, 7) is 5.44. The summed E-state index contributed by atoms with van der Waals surface area (Å²) in [4.78, 5) is 37.4. The number of esters is 1. The van der Waals surface area contributed by atoms with Crippen molar-refractivity contribution in [3.05, 3.63) is 45.6 Å². The molecule has 0 saturated heterocycles. The summed E-state index contributed by atoms with van der Waals surface area (Å²) >= 11 is 0. The average Bonchev–Trinajstić information content (AvgIpc) is 3.17. The second kappa shape index (κ2) is 26.7.